The molecule has 2 aliphatic carbocycles. The lowest BCUT2D eigenvalue weighted by Gasteiger charge is -2.43. The minimum atomic E-state index is -1.15. The molecule has 0 bridgehead atoms. The maximum atomic E-state index is 15.4. The van der Waals surface area contributed by atoms with E-state index in [2.05, 4.69) is 64.7 Å². The van der Waals surface area contributed by atoms with Crippen molar-refractivity contribution in [3.05, 3.63) is 94.6 Å². The molecule has 492 valence electrons. The molecule has 0 spiro atoms. The first-order chi connectivity index (χ1) is 43.0. The minimum Gasteiger partial charge on any atom is -0.496 e. The van der Waals surface area contributed by atoms with E-state index in [9.17, 15) is 9.59 Å². The summed E-state index contributed by atoms with van der Waals surface area (Å²) in [6.45, 7) is 20.0. The van der Waals surface area contributed by atoms with Crippen LogP contribution in [-0.2, 0) is 31.8 Å². The van der Waals surface area contributed by atoms with Crippen molar-refractivity contribution in [1.82, 2.24) is 49.1 Å². The summed E-state index contributed by atoms with van der Waals surface area (Å²) in [7, 11) is 3.34. The lowest BCUT2D eigenvalue weighted by atomic mass is 9.83. The Morgan fingerprint density at radius 3 is 1.56 bits per heavy atom. The average molecular weight is 1260 g/mol. The highest BCUT2D eigenvalue weighted by Gasteiger charge is 2.50. The van der Waals surface area contributed by atoms with Crippen LogP contribution >= 0.6 is 0 Å². The monoisotopic (exact) mass is 1260 g/mol. The Kier molecular flexibility index (Phi) is 17.8. The van der Waals surface area contributed by atoms with Gasteiger partial charge in [0.2, 0.25) is 0 Å². The number of rotatable bonds is 14. The molecule has 0 radical (unpaired) electrons. The summed E-state index contributed by atoms with van der Waals surface area (Å²) in [6, 6.07) is 12.3. The van der Waals surface area contributed by atoms with Crippen molar-refractivity contribution in [3.8, 4) is 11.5 Å². The van der Waals surface area contributed by atoms with Crippen LogP contribution in [0.1, 0.15) is 185 Å². The van der Waals surface area contributed by atoms with Crippen molar-refractivity contribution < 1.29 is 46.8 Å². The van der Waals surface area contributed by atoms with Crippen molar-refractivity contribution in [2.45, 2.75) is 211 Å². The number of halogens is 2. The van der Waals surface area contributed by atoms with Gasteiger partial charge in [-0.15, -0.1) is 0 Å². The van der Waals surface area contributed by atoms with E-state index in [4.69, 9.17) is 48.6 Å². The standard InChI is InChI=1S/2C34H45FN6O4.CH4/c1-21-14-24-23(9-10-27-25(24)17-37-41(27)30-8-6-7-13-44-30)31(40(21)20-34(35)11-12-34)26-16-36-29(15-28(26)43-5)38-22-18-39(19-22)32(42)45-33(2,3)4;1-21-14-24-23(9-10-27-26(24)19-41(38-27)30-8-6-7-13-44-30)31(40(21)20-34(35)11-12-34)25-16-36-29(15-28(25)43-5)37-22-17-39(18-22)32(42)45-33(2,3)4;/h9-10,15-17,21-22,30-31H,6-8,11-14,18-20H2,1-5H3,(H,36,38);9-10,15-16,19,21-22,30-31H,6-8,11-14,17-18,20H2,1-5H3,(H,36,37);1H4/t2*21-,30?,31+;/m11./s1. The molecule has 2 aromatic carbocycles. The zero-order chi connectivity index (χ0) is 63.0. The highest BCUT2D eigenvalue weighted by molar-refractivity contribution is 5.85. The molecule has 2 amide bonds. The topological polar surface area (TPSA) is 188 Å². The number of likely N-dealkylation sites (tertiary alicyclic amines) is 2. The fraction of sp³-hybridized carbons (Fsp3) is 0.623. The predicted molar refractivity (Wildman–Crippen MR) is 345 cm³/mol. The number of nitrogens with zero attached hydrogens (tertiary/aromatic N) is 10. The summed E-state index contributed by atoms with van der Waals surface area (Å²) < 4.78 is 70.0. The smallest absolute Gasteiger partial charge is 0.410 e. The number of fused-ring (bicyclic) bond motifs is 6. The average Bonchev–Trinajstić information content (AvgIpc) is 1.23. The molecule has 6 aromatic rings. The van der Waals surface area contributed by atoms with Crippen LogP contribution in [0.3, 0.4) is 0 Å². The van der Waals surface area contributed by atoms with Gasteiger partial charge in [0.05, 0.1) is 55.6 Å². The number of aromatic nitrogens is 6. The van der Waals surface area contributed by atoms with Crippen molar-refractivity contribution >= 4 is 45.6 Å². The largest absolute Gasteiger partial charge is 0.496 e. The quantitative estimate of drug-likeness (QED) is 0.105. The second kappa shape index (κ2) is 25.2. The van der Waals surface area contributed by atoms with Crippen molar-refractivity contribution in [1.29, 1.82) is 0 Å². The molecular formula is C69H94F2N12O8. The molecular weight excluding hydrogens is 1160 g/mol. The van der Waals surface area contributed by atoms with E-state index in [0.29, 0.717) is 88.1 Å². The second-order valence-corrected chi connectivity index (χ2v) is 28.6. The molecule has 4 saturated heterocycles. The number of hydrogen-bond acceptors (Lipinski definition) is 16. The van der Waals surface area contributed by atoms with Gasteiger partial charge in [-0.3, -0.25) is 9.80 Å². The maximum absolute atomic E-state index is 15.4. The predicted octanol–water partition coefficient (Wildman–Crippen LogP) is 12.7. The van der Waals surface area contributed by atoms with E-state index < -0.39 is 22.5 Å². The number of carbonyl (C=O) groups is 2. The summed E-state index contributed by atoms with van der Waals surface area (Å²) >= 11 is 0. The van der Waals surface area contributed by atoms with E-state index >= 15 is 8.78 Å². The number of alkyl halides is 2. The number of pyridine rings is 2. The minimum absolute atomic E-state index is 0. The summed E-state index contributed by atoms with van der Waals surface area (Å²) in [5.74, 6) is 2.74. The number of amides is 2. The number of benzene rings is 2. The highest BCUT2D eigenvalue weighted by Crippen LogP contribution is 2.51. The molecule has 20 nitrogen and oxygen atoms in total. The maximum Gasteiger partial charge on any atom is 0.410 e. The third-order valence-corrected chi connectivity index (χ3v) is 19.2. The van der Waals surface area contributed by atoms with Gasteiger partial charge in [-0.05, 0) is 167 Å². The van der Waals surface area contributed by atoms with E-state index in [1.54, 1.807) is 24.0 Å². The number of anilines is 2. The molecule has 22 heteroatoms. The fourth-order valence-electron chi connectivity index (χ4n) is 14.0. The van der Waals surface area contributed by atoms with Gasteiger partial charge in [0.25, 0.3) is 0 Å². The lowest BCUT2D eigenvalue weighted by Crippen LogP contribution is -2.58. The van der Waals surface area contributed by atoms with Crippen molar-refractivity contribution in [3.63, 3.8) is 0 Å². The van der Waals surface area contributed by atoms with Gasteiger partial charge >= 0.3 is 12.2 Å². The molecule has 91 heavy (non-hydrogen) atoms. The van der Waals surface area contributed by atoms with Crippen molar-refractivity contribution in [2.75, 3.05) is 77.3 Å². The van der Waals surface area contributed by atoms with E-state index in [1.165, 1.54) is 11.1 Å². The van der Waals surface area contributed by atoms with Gasteiger partial charge in [-0.25, -0.2) is 37.7 Å². The fourth-order valence-corrected chi connectivity index (χ4v) is 14.0. The first-order valence-corrected chi connectivity index (χ1v) is 32.7. The molecule has 8 aliphatic rings. The molecule has 10 heterocycles. The zero-order valence-corrected chi connectivity index (χ0v) is 54.0. The van der Waals surface area contributed by atoms with E-state index in [-0.39, 0.29) is 68.3 Å². The van der Waals surface area contributed by atoms with Crippen LogP contribution in [0, 0.1) is 0 Å². The van der Waals surface area contributed by atoms with Crippen LogP contribution in [0.15, 0.2) is 61.2 Å². The van der Waals surface area contributed by atoms with E-state index in [0.717, 1.165) is 109 Å². The summed E-state index contributed by atoms with van der Waals surface area (Å²) in [5, 5.41) is 18.9. The van der Waals surface area contributed by atoms with Crippen LogP contribution in [0.25, 0.3) is 21.8 Å². The van der Waals surface area contributed by atoms with Gasteiger partial charge < -0.3 is 48.9 Å². The molecule has 6 atom stereocenters. The normalized spacial score (nSPS) is 24.7. The highest BCUT2D eigenvalue weighted by atomic mass is 19.1. The summed E-state index contributed by atoms with van der Waals surface area (Å²) in [5.41, 5.74) is 5.27. The number of nitrogens with one attached hydrogen (secondary N) is 2. The number of ether oxygens (including phenoxy) is 6. The molecule has 6 aliphatic heterocycles. The summed E-state index contributed by atoms with van der Waals surface area (Å²) in [4.78, 5) is 42.3. The first kappa shape index (κ1) is 64.2. The van der Waals surface area contributed by atoms with Gasteiger partial charge in [-0.2, -0.15) is 10.2 Å². The van der Waals surface area contributed by atoms with Crippen LogP contribution in [0.4, 0.5) is 30.0 Å². The molecule has 4 aromatic heterocycles. The van der Waals surface area contributed by atoms with Gasteiger partial charge in [0.1, 0.15) is 51.9 Å². The second-order valence-electron chi connectivity index (χ2n) is 28.6. The number of carbonyl (C=O) groups excluding carboxylic acids is 2. The molecule has 2 N–H and O–H groups in total. The lowest BCUT2D eigenvalue weighted by molar-refractivity contribution is -0.0390. The Hall–Kier alpha value is -6.88. The van der Waals surface area contributed by atoms with Gasteiger partial charge in [0, 0.05) is 117 Å². The Morgan fingerprint density at radius 2 is 1.11 bits per heavy atom. The Morgan fingerprint density at radius 1 is 0.637 bits per heavy atom. The Bertz CT molecular complexity index is 3460. The number of methoxy groups -OCH3 is 2. The molecule has 2 saturated carbocycles. The molecule has 14 rings (SSSR count). The third-order valence-electron chi connectivity index (χ3n) is 19.2. The SMILES string of the molecule is C.COc1cc(NC2CN(C(=O)OC(C)(C)C)C2)ncc1[C@@H]1c2ccc3c(cnn3C3CCCCO3)c2C[C@@H](C)N1CC1(F)CC1.COc1cc(NC2CN(C(=O)OC(C)(C)C)C2)ncc1[C@@H]1c2ccc3nn(C4CCCCO4)cc3c2C[C@@H](C)N1CC1(F)CC1. The van der Waals surface area contributed by atoms with E-state index in [1.807, 2.05) is 81.6 Å². The van der Waals surface area contributed by atoms with Crippen LogP contribution in [0.2, 0.25) is 0 Å². The number of hydrogen-bond donors (Lipinski definition) is 2. The van der Waals surface area contributed by atoms with Crippen molar-refractivity contribution in [2.24, 2.45) is 0 Å². The Labute approximate surface area is 533 Å². The molecule has 2 unspecified atom stereocenters. The zero-order valence-electron chi connectivity index (χ0n) is 54.0. The van der Waals surface area contributed by atoms with Crippen LogP contribution < -0.4 is 20.1 Å². The molecule has 6 fully saturated rings. The van der Waals surface area contributed by atoms with Crippen LogP contribution in [0.5, 0.6) is 11.5 Å². The first-order valence-electron chi connectivity index (χ1n) is 32.7. The van der Waals surface area contributed by atoms with Gasteiger partial charge in [-0.1, -0.05) is 19.6 Å². The van der Waals surface area contributed by atoms with Gasteiger partial charge in [0.15, 0.2) is 6.23 Å². The Balaban J connectivity index is 0.000000174. The third kappa shape index (κ3) is 13.7. The van der Waals surface area contributed by atoms with Crippen LogP contribution in [-0.4, -0.2) is 175 Å². The summed E-state index contributed by atoms with van der Waals surface area (Å²) in [6.07, 6.45) is 17.6.